The topological polar surface area (TPSA) is 55.6 Å². The van der Waals surface area contributed by atoms with Crippen LogP contribution in [-0.4, -0.2) is 29.5 Å². The van der Waals surface area contributed by atoms with Gasteiger partial charge in [0, 0.05) is 18.5 Å². The molecule has 1 amide bonds. The number of nitrogens with two attached hydrogens (primary N) is 1. The van der Waals surface area contributed by atoms with Gasteiger partial charge in [0.1, 0.15) is 5.75 Å². The van der Waals surface area contributed by atoms with Crippen LogP contribution in [0.3, 0.4) is 0 Å². The molecular formula is C17H24N2O2. The van der Waals surface area contributed by atoms with Crippen molar-refractivity contribution in [1.29, 1.82) is 0 Å². The van der Waals surface area contributed by atoms with Crippen molar-refractivity contribution in [2.45, 2.75) is 57.2 Å². The monoisotopic (exact) mass is 288 g/mol. The van der Waals surface area contributed by atoms with Crippen LogP contribution in [0.2, 0.25) is 0 Å². The molecule has 2 unspecified atom stereocenters. The molecule has 1 aromatic rings. The number of carbonyl (C=O) groups is 1. The summed E-state index contributed by atoms with van der Waals surface area (Å²) in [5.41, 5.74) is 7.45. The first-order chi connectivity index (χ1) is 10.2. The number of likely N-dealkylation sites (tertiary alicyclic amines) is 1. The maximum atomic E-state index is 12.3. The fourth-order valence-corrected chi connectivity index (χ4v) is 3.14. The Morgan fingerprint density at radius 2 is 2.14 bits per heavy atom. The lowest BCUT2D eigenvalue weighted by molar-refractivity contribution is -0.138. The Hall–Kier alpha value is -1.55. The summed E-state index contributed by atoms with van der Waals surface area (Å²) in [6.07, 6.45) is 4.56. The number of hydrogen-bond donors (Lipinski definition) is 1. The number of amides is 1. The van der Waals surface area contributed by atoms with Crippen molar-refractivity contribution in [2.75, 3.05) is 6.61 Å². The van der Waals surface area contributed by atoms with Gasteiger partial charge in [0.05, 0.1) is 12.6 Å². The van der Waals surface area contributed by atoms with Crippen molar-refractivity contribution >= 4 is 5.91 Å². The molecule has 1 aliphatic carbocycles. The minimum atomic E-state index is 0.00364. The third kappa shape index (κ3) is 3.05. The van der Waals surface area contributed by atoms with E-state index in [4.69, 9.17) is 10.5 Å². The Balaban J connectivity index is 1.86. The zero-order valence-corrected chi connectivity index (χ0v) is 12.6. The van der Waals surface area contributed by atoms with E-state index in [0.29, 0.717) is 19.1 Å². The van der Waals surface area contributed by atoms with Gasteiger partial charge in [-0.05, 0) is 43.4 Å². The van der Waals surface area contributed by atoms with E-state index < -0.39 is 0 Å². The third-order valence-electron chi connectivity index (χ3n) is 4.30. The second-order valence-electron chi connectivity index (χ2n) is 6.10. The van der Waals surface area contributed by atoms with E-state index in [1.807, 2.05) is 23.1 Å². The van der Waals surface area contributed by atoms with E-state index in [-0.39, 0.29) is 18.0 Å². The molecule has 4 nitrogen and oxygen atoms in total. The zero-order valence-electron chi connectivity index (χ0n) is 12.6. The average Bonchev–Trinajstić information content (AvgIpc) is 3.32. The maximum Gasteiger partial charge on any atom is 0.223 e. The molecular weight excluding hydrogens is 264 g/mol. The minimum Gasteiger partial charge on any atom is -0.494 e. The quantitative estimate of drug-likeness (QED) is 0.906. The standard InChI is InChI=1S/C17H24N2O2/c1-2-10-21-14-5-3-4-12(11-14)17-15(18)8-9-16(20)19(17)13-6-7-13/h3-5,11,13,15,17H,2,6-10,18H2,1H3. The second kappa shape index (κ2) is 6.06. The van der Waals surface area contributed by atoms with Gasteiger partial charge in [-0.25, -0.2) is 0 Å². The zero-order chi connectivity index (χ0) is 14.8. The molecule has 1 heterocycles. The molecule has 4 heteroatoms. The number of piperidine rings is 1. The molecule has 2 aliphatic rings. The SMILES string of the molecule is CCCOc1cccc(C2C(N)CCC(=O)N2C2CC2)c1. The van der Waals surface area contributed by atoms with E-state index >= 15 is 0 Å². The largest absolute Gasteiger partial charge is 0.494 e. The summed E-state index contributed by atoms with van der Waals surface area (Å²) < 4.78 is 5.72. The summed E-state index contributed by atoms with van der Waals surface area (Å²) in [6.45, 7) is 2.81. The highest BCUT2D eigenvalue weighted by Crippen LogP contribution is 2.40. The van der Waals surface area contributed by atoms with Crippen LogP contribution in [0.4, 0.5) is 0 Å². The van der Waals surface area contributed by atoms with Crippen molar-refractivity contribution in [2.24, 2.45) is 5.73 Å². The predicted octanol–water partition coefficient (Wildman–Crippen LogP) is 2.63. The van der Waals surface area contributed by atoms with Crippen LogP contribution in [0, 0.1) is 0 Å². The van der Waals surface area contributed by atoms with E-state index in [2.05, 4.69) is 13.0 Å². The first-order valence-corrected chi connectivity index (χ1v) is 8.00. The molecule has 0 radical (unpaired) electrons. The highest BCUT2D eigenvalue weighted by molar-refractivity contribution is 5.78. The van der Waals surface area contributed by atoms with Gasteiger partial charge < -0.3 is 15.4 Å². The lowest BCUT2D eigenvalue weighted by atomic mass is 9.90. The molecule has 114 valence electrons. The van der Waals surface area contributed by atoms with Crippen LogP contribution in [0.1, 0.15) is 50.6 Å². The molecule has 2 fully saturated rings. The molecule has 1 aliphatic heterocycles. The number of ether oxygens (including phenoxy) is 1. The molecule has 2 atom stereocenters. The third-order valence-corrected chi connectivity index (χ3v) is 4.30. The lowest BCUT2D eigenvalue weighted by Crippen LogP contribution is -2.49. The lowest BCUT2D eigenvalue weighted by Gasteiger charge is -2.40. The second-order valence-corrected chi connectivity index (χ2v) is 6.10. The Labute approximate surface area is 126 Å². The van der Waals surface area contributed by atoms with E-state index in [1.165, 1.54) is 0 Å². The van der Waals surface area contributed by atoms with Crippen LogP contribution in [0.15, 0.2) is 24.3 Å². The average molecular weight is 288 g/mol. The molecule has 1 aromatic carbocycles. The predicted molar refractivity (Wildman–Crippen MR) is 82.0 cm³/mol. The first-order valence-electron chi connectivity index (χ1n) is 8.00. The fourth-order valence-electron chi connectivity index (χ4n) is 3.14. The van der Waals surface area contributed by atoms with Gasteiger partial charge in [-0.1, -0.05) is 19.1 Å². The summed E-state index contributed by atoms with van der Waals surface area (Å²) in [4.78, 5) is 14.3. The van der Waals surface area contributed by atoms with Crippen molar-refractivity contribution in [3.63, 3.8) is 0 Å². The van der Waals surface area contributed by atoms with Crippen LogP contribution >= 0.6 is 0 Å². The van der Waals surface area contributed by atoms with Crippen LogP contribution in [0.5, 0.6) is 5.75 Å². The number of carbonyl (C=O) groups excluding carboxylic acids is 1. The highest BCUT2D eigenvalue weighted by atomic mass is 16.5. The Morgan fingerprint density at radius 3 is 2.86 bits per heavy atom. The number of hydrogen-bond acceptors (Lipinski definition) is 3. The normalized spacial score (nSPS) is 26.0. The van der Waals surface area contributed by atoms with Crippen LogP contribution in [-0.2, 0) is 4.79 Å². The van der Waals surface area contributed by atoms with Gasteiger partial charge in [-0.15, -0.1) is 0 Å². The fraction of sp³-hybridized carbons (Fsp3) is 0.588. The van der Waals surface area contributed by atoms with E-state index in [9.17, 15) is 4.79 Å². The van der Waals surface area contributed by atoms with Gasteiger partial charge in [0.2, 0.25) is 5.91 Å². The molecule has 1 saturated carbocycles. The van der Waals surface area contributed by atoms with Gasteiger partial charge in [0.25, 0.3) is 0 Å². The molecule has 3 rings (SSSR count). The van der Waals surface area contributed by atoms with Gasteiger partial charge in [-0.3, -0.25) is 4.79 Å². The smallest absolute Gasteiger partial charge is 0.223 e. The summed E-state index contributed by atoms with van der Waals surface area (Å²) in [7, 11) is 0. The summed E-state index contributed by atoms with van der Waals surface area (Å²) in [6, 6.07) is 8.50. The highest BCUT2D eigenvalue weighted by Gasteiger charge is 2.43. The number of benzene rings is 1. The number of rotatable bonds is 5. The minimum absolute atomic E-state index is 0.00364. The maximum absolute atomic E-state index is 12.3. The number of nitrogens with zero attached hydrogens (tertiary/aromatic N) is 1. The van der Waals surface area contributed by atoms with Gasteiger partial charge >= 0.3 is 0 Å². The van der Waals surface area contributed by atoms with Gasteiger partial charge in [0.15, 0.2) is 0 Å². The van der Waals surface area contributed by atoms with Crippen molar-refractivity contribution in [1.82, 2.24) is 4.90 Å². The van der Waals surface area contributed by atoms with E-state index in [0.717, 1.165) is 37.0 Å². The summed E-state index contributed by atoms with van der Waals surface area (Å²) in [5.74, 6) is 1.12. The molecule has 0 spiro atoms. The molecule has 0 bridgehead atoms. The van der Waals surface area contributed by atoms with E-state index in [1.54, 1.807) is 0 Å². The summed E-state index contributed by atoms with van der Waals surface area (Å²) >= 11 is 0. The van der Waals surface area contributed by atoms with Crippen molar-refractivity contribution < 1.29 is 9.53 Å². The van der Waals surface area contributed by atoms with Crippen LogP contribution in [0.25, 0.3) is 0 Å². The van der Waals surface area contributed by atoms with Gasteiger partial charge in [-0.2, -0.15) is 0 Å². The van der Waals surface area contributed by atoms with Crippen molar-refractivity contribution in [3.8, 4) is 5.75 Å². The van der Waals surface area contributed by atoms with Crippen molar-refractivity contribution in [3.05, 3.63) is 29.8 Å². The Kier molecular flexibility index (Phi) is 4.15. The molecule has 2 N–H and O–H groups in total. The Bertz CT molecular complexity index is 513. The van der Waals surface area contributed by atoms with Crippen LogP contribution < -0.4 is 10.5 Å². The first kappa shape index (κ1) is 14.4. The Morgan fingerprint density at radius 1 is 1.33 bits per heavy atom. The summed E-state index contributed by atoms with van der Waals surface area (Å²) in [5, 5.41) is 0. The molecule has 0 aromatic heterocycles. The molecule has 21 heavy (non-hydrogen) atoms. The molecule has 1 saturated heterocycles.